The second kappa shape index (κ2) is 5.90. The average Bonchev–Trinajstić information content (AvgIpc) is 3.19. The molecule has 0 aromatic carbocycles. The largest absolute Gasteiger partial charge is 0.383 e. The average molecular weight is 314 g/mol. The van der Waals surface area contributed by atoms with E-state index in [0.29, 0.717) is 37.8 Å². The van der Waals surface area contributed by atoms with Crippen LogP contribution in [0.15, 0.2) is 24.4 Å². The van der Waals surface area contributed by atoms with Crippen LogP contribution in [0.2, 0.25) is 0 Å². The SMILES string of the molecule is O=C(C[C@H]1C[C@@H]2CC[C@@H]1C2)N1CCC(O)(c2ccccn2)CC1. The van der Waals surface area contributed by atoms with Gasteiger partial charge in [0.15, 0.2) is 0 Å². The minimum atomic E-state index is -0.871. The molecule has 4 heteroatoms. The first-order valence-corrected chi connectivity index (χ1v) is 9.06. The zero-order valence-electron chi connectivity index (χ0n) is 13.7. The summed E-state index contributed by atoms with van der Waals surface area (Å²) < 4.78 is 0. The molecular formula is C19H26N2O2. The van der Waals surface area contributed by atoms with Crippen LogP contribution in [0.1, 0.15) is 50.6 Å². The standard InChI is InChI=1S/C19H26N2O2/c22-18(13-16-12-14-4-5-15(16)11-14)21-9-6-19(23,7-10-21)17-3-1-2-8-20-17/h1-3,8,14-16,23H,4-7,9-13H2/t14-,15-,16-/m1/s1. The van der Waals surface area contributed by atoms with Crippen LogP contribution in [0.25, 0.3) is 0 Å². The Bertz CT molecular complexity index is 566. The second-order valence-corrected chi connectivity index (χ2v) is 7.77. The Kier molecular flexibility index (Phi) is 3.88. The topological polar surface area (TPSA) is 53.4 Å². The maximum Gasteiger partial charge on any atom is 0.222 e. The van der Waals surface area contributed by atoms with E-state index in [1.807, 2.05) is 23.1 Å². The first-order valence-electron chi connectivity index (χ1n) is 9.06. The van der Waals surface area contributed by atoms with E-state index in [1.54, 1.807) is 6.20 Å². The molecule has 3 atom stereocenters. The molecule has 0 radical (unpaired) electrons. The maximum atomic E-state index is 12.6. The molecular weight excluding hydrogens is 288 g/mol. The quantitative estimate of drug-likeness (QED) is 0.933. The van der Waals surface area contributed by atoms with Gasteiger partial charge < -0.3 is 10.0 Å². The minimum Gasteiger partial charge on any atom is -0.383 e. The number of amides is 1. The third kappa shape index (κ3) is 2.89. The molecule has 23 heavy (non-hydrogen) atoms. The van der Waals surface area contributed by atoms with E-state index in [-0.39, 0.29) is 0 Å². The molecule has 1 aromatic rings. The van der Waals surface area contributed by atoms with Gasteiger partial charge >= 0.3 is 0 Å². The molecule has 124 valence electrons. The van der Waals surface area contributed by atoms with Crippen LogP contribution in [0.3, 0.4) is 0 Å². The number of piperidine rings is 1. The number of likely N-dealkylation sites (tertiary alicyclic amines) is 1. The zero-order chi connectivity index (χ0) is 15.9. The van der Waals surface area contributed by atoms with Gasteiger partial charge in [-0.25, -0.2) is 0 Å². The third-order valence-electron chi connectivity index (χ3n) is 6.41. The lowest BCUT2D eigenvalue weighted by Gasteiger charge is -2.38. The van der Waals surface area contributed by atoms with Crippen LogP contribution in [0, 0.1) is 17.8 Å². The van der Waals surface area contributed by atoms with E-state index in [4.69, 9.17) is 0 Å². The number of aromatic nitrogens is 1. The molecule has 0 spiro atoms. The van der Waals surface area contributed by atoms with Crippen LogP contribution >= 0.6 is 0 Å². The van der Waals surface area contributed by atoms with Gasteiger partial charge in [0.25, 0.3) is 0 Å². The Balaban J connectivity index is 1.33. The molecule has 1 saturated heterocycles. The van der Waals surface area contributed by atoms with Crippen LogP contribution < -0.4 is 0 Å². The minimum absolute atomic E-state index is 0.297. The molecule has 1 aromatic heterocycles. The smallest absolute Gasteiger partial charge is 0.222 e. The van der Waals surface area contributed by atoms with Gasteiger partial charge in [-0.3, -0.25) is 9.78 Å². The first-order chi connectivity index (χ1) is 11.1. The van der Waals surface area contributed by atoms with E-state index < -0.39 is 5.60 Å². The fraction of sp³-hybridized carbons (Fsp3) is 0.684. The summed E-state index contributed by atoms with van der Waals surface area (Å²) in [5.74, 6) is 2.62. The highest BCUT2D eigenvalue weighted by Gasteiger charge is 2.42. The monoisotopic (exact) mass is 314 g/mol. The highest BCUT2D eigenvalue weighted by molar-refractivity contribution is 5.76. The number of carbonyl (C=O) groups is 1. The summed E-state index contributed by atoms with van der Waals surface area (Å²) in [6.45, 7) is 1.29. The van der Waals surface area contributed by atoms with Crippen molar-refractivity contribution in [2.45, 2.75) is 50.5 Å². The number of carbonyl (C=O) groups excluding carboxylic acids is 1. The Morgan fingerprint density at radius 2 is 2.09 bits per heavy atom. The van der Waals surface area contributed by atoms with E-state index in [2.05, 4.69) is 4.98 Å². The van der Waals surface area contributed by atoms with Gasteiger partial charge in [0.2, 0.25) is 5.91 Å². The first kappa shape index (κ1) is 15.1. The van der Waals surface area contributed by atoms with Crippen molar-refractivity contribution in [2.24, 2.45) is 17.8 Å². The molecule has 1 aliphatic heterocycles. The van der Waals surface area contributed by atoms with Crippen molar-refractivity contribution in [3.8, 4) is 0 Å². The van der Waals surface area contributed by atoms with Crippen molar-refractivity contribution in [2.75, 3.05) is 13.1 Å². The lowest BCUT2D eigenvalue weighted by atomic mass is 9.85. The third-order valence-corrected chi connectivity index (χ3v) is 6.41. The van der Waals surface area contributed by atoms with Crippen LogP contribution in [0.5, 0.6) is 0 Å². The number of hydrogen-bond donors (Lipinski definition) is 1. The molecule has 2 saturated carbocycles. The molecule has 4 nitrogen and oxygen atoms in total. The molecule has 0 unspecified atom stereocenters. The predicted octanol–water partition coefficient (Wildman–Crippen LogP) is 2.72. The van der Waals surface area contributed by atoms with Crippen molar-refractivity contribution >= 4 is 5.91 Å². The van der Waals surface area contributed by atoms with Gasteiger partial charge in [-0.05, 0) is 62.0 Å². The van der Waals surface area contributed by atoms with E-state index >= 15 is 0 Å². The van der Waals surface area contributed by atoms with Gasteiger partial charge in [0.1, 0.15) is 5.60 Å². The van der Waals surface area contributed by atoms with E-state index in [0.717, 1.165) is 24.0 Å². The lowest BCUT2D eigenvalue weighted by Crippen LogP contribution is -2.46. The summed E-state index contributed by atoms with van der Waals surface area (Å²) in [4.78, 5) is 18.9. The zero-order valence-corrected chi connectivity index (χ0v) is 13.7. The number of fused-ring (bicyclic) bond motifs is 2. The normalized spacial score (nSPS) is 32.2. The van der Waals surface area contributed by atoms with E-state index in [9.17, 15) is 9.90 Å². The van der Waals surface area contributed by atoms with Crippen molar-refractivity contribution in [3.05, 3.63) is 30.1 Å². The molecule has 2 aliphatic carbocycles. The van der Waals surface area contributed by atoms with Crippen LogP contribution in [-0.2, 0) is 10.4 Å². The Labute approximate surface area is 137 Å². The van der Waals surface area contributed by atoms with Gasteiger partial charge in [-0.2, -0.15) is 0 Å². The van der Waals surface area contributed by atoms with Gasteiger partial charge in [0.05, 0.1) is 5.69 Å². The summed E-state index contributed by atoms with van der Waals surface area (Å²) >= 11 is 0. The molecule has 1 N–H and O–H groups in total. The number of nitrogens with zero attached hydrogens (tertiary/aromatic N) is 2. The summed E-state index contributed by atoms with van der Waals surface area (Å²) in [7, 11) is 0. The Hall–Kier alpha value is -1.42. The Morgan fingerprint density at radius 1 is 1.26 bits per heavy atom. The van der Waals surface area contributed by atoms with Crippen LogP contribution in [-0.4, -0.2) is 34.0 Å². The number of rotatable bonds is 3. The predicted molar refractivity (Wildman–Crippen MR) is 87.5 cm³/mol. The van der Waals surface area contributed by atoms with Crippen molar-refractivity contribution < 1.29 is 9.90 Å². The number of hydrogen-bond acceptors (Lipinski definition) is 3. The maximum absolute atomic E-state index is 12.6. The highest BCUT2D eigenvalue weighted by Crippen LogP contribution is 2.49. The lowest BCUT2D eigenvalue weighted by molar-refractivity contribution is -0.137. The molecule has 3 fully saturated rings. The van der Waals surface area contributed by atoms with Gasteiger partial charge in [-0.1, -0.05) is 12.5 Å². The van der Waals surface area contributed by atoms with Crippen molar-refractivity contribution in [3.63, 3.8) is 0 Å². The van der Waals surface area contributed by atoms with Gasteiger partial charge in [0, 0.05) is 25.7 Å². The van der Waals surface area contributed by atoms with Gasteiger partial charge in [-0.15, -0.1) is 0 Å². The highest BCUT2D eigenvalue weighted by atomic mass is 16.3. The molecule has 2 heterocycles. The molecule has 1 amide bonds. The summed E-state index contributed by atoms with van der Waals surface area (Å²) in [5, 5.41) is 10.8. The summed E-state index contributed by atoms with van der Waals surface area (Å²) in [6.07, 6.45) is 8.97. The van der Waals surface area contributed by atoms with Crippen LogP contribution in [0.4, 0.5) is 0 Å². The Morgan fingerprint density at radius 3 is 2.70 bits per heavy atom. The van der Waals surface area contributed by atoms with Crippen molar-refractivity contribution in [1.82, 2.24) is 9.88 Å². The summed E-state index contributed by atoms with van der Waals surface area (Å²) in [5.41, 5.74) is -0.134. The molecule has 3 aliphatic rings. The van der Waals surface area contributed by atoms with E-state index in [1.165, 1.54) is 25.7 Å². The molecule has 4 rings (SSSR count). The fourth-order valence-electron chi connectivity index (χ4n) is 5.00. The fourth-order valence-corrected chi connectivity index (χ4v) is 5.00. The number of pyridine rings is 1. The molecule has 2 bridgehead atoms. The van der Waals surface area contributed by atoms with Crippen molar-refractivity contribution in [1.29, 1.82) is 0 Å². The summed E-state index contributed by atoms with van der Waals surface area (Å²) in [6, 6.07) is 5.65. The number of aliphatic hydroxyl groups is 1. The second-order valence-electron chi connectivity index (χ2n) is 7.77.